The van der Waals surface area contributed by atoms with E-state index >= 15 is 0 Å². The number of benzene rings is 3. The second kappa shape index (κ2) is 10.1. The van der Waals surface area contributed by atoms with E-state index in [1.54, 1.807) is 17.0 Å². The van der Waals surface area contributed by atoms with Crippen LogP contribution in [0.25, 0.3) is 10.8 Å². The highest BCUT2D eigenvalue weighted by molar-refractivity contribution is 5.86. The number of amides is 1. The zero-order valence-electron chi connectivity index (χ0n) is 20.3. The molecule has 34 heavy (non-hydrogen) atoms. The van der Waals surface area contributed by atoms with Crippen LogP contribution in [0.1, 0.15) is 56.7 Å². The van der Waals surface area contributed by atoms with E-state index in [2.05, 4.69) is 50.4 Å². The van der Waals surface area contributed by atoms with Crippen LogP contribution in [0.5, 0.6) is 0 Å². The minimum atomic E-state index is -0.911. The highest BCUT2D eigenvalue weighted by Crippen LogP contribution is 2.39. The highest BCUT2D eigenvalue weighted by atomic mass is 19.1. The number of nitrogens with one attached hydrogen (secondary N) is 1. The molecule has 1 saturated heterocycles. The van der Waals surface area contributed by atoms with Gasteiger partial charge in [0, 0.05) is 13.1 Å². The number of rotatable bonds is 6. The molecule has 4 nitrogen and oxygen atoms in total. The third-order valence-electron chi connectivity index (χ3n) is 6.93. The fourth-order valence-corrected chi connectivity index (χ4v) is 5.39. The smallest absolute Gasteiger partial charge is 0.407 e. The fraction of sp³-hybridized carbons (Fsp3) is 0.414. The second-order valence-corrected chi connectivity index (χ2v) is 10.7. The molecule has 2 unspecified atom stereocenters. The first-order valence-electron chi connectivity index (χ1n) is 12.2. The molecule has 1 fully saturated rings. The summed E-state index contributed by atoms with van der Waals surface area (Å²) in [4.78, 5) is 14.4. The molecule has 0 radical (unpaired) electrons. The van der Waals surface area contributed by atoms with Crippen molar-refractivity contribution in [1.29, 1.82) is 0 Å². The fourth-order valence-electron chi connectivity index (χ4n) is 5.39. The molecule has 1 heterocycles. The van der Waals surface area contributed by atoms with Gasteiger partial charge in [-0.3, -0.25) is 0 Å². The molecule has 0 aromatic heterocycles. The van der Waals surface area contributed by atoms with E-state index in [1.807, 2.05) is 24.3 Å². The van der Waals surface area contributed by atoms with Gasteiger partial charge in [0.15, 0.2) is 0 Å². The minimum absolute atomic E-state index is 0.0593. The molecule has 0 saturated carbocycles. The van der Waals surface area contributed by atoms with Gasteiger partial charge in [0.25, 0.3) is 0 Å². The van der Waals surface area contributed by atoms with Gasteiger partial charge in [-0.05, 0) is 70.7 Å². The number of hydrogen-bond donors (Lipinski definition) is 2. The molecule has 2 N–H and O–H groups in total. The zero-order chi connectivity index (χ0) is 24.3. The van der Waals surface area contributed by atoms with E-state index in [0.29, 0.717) is 19.5 Å². The zero-order valence-corrected chi connectivity index (χ0v) is 20.3. The van der Waals surface area contributed by atoms with E-state index < -0.39 is 6.09 Å². The first-order chi connectivity index (χ1) is 16.2. The van der Waals surface area contributed by atoms with Crippen LogP contribution in [0, 0.1) is 17.2 Å². The summed E-state index contributed by atoms with van der Waals surface area (Å²) in [6, 6.07) is 20.8. The molecular formula is C29H35FN2O2. The number of carboxylic acid groups (broad SMARTS) is 1. The summed E-state index contributed by atoms with van der Waals surface area (Å²) in [5, 5.41) is 16.1. The van der Waals surface area contributed by atoms with Gasteiger partial charge in [0.05, 0.1) is 6.04 Å². The van der Waals surface area contributed by atoms with Crippen LogP contribution < -0.4 is 5.32 Å². The third-order valence-corrected chi connectivity index (χ3v) is 6.93. The Balaban J connectivity index is 1.73. The lowest BCUT2D eigenvalue weighted by atomic mass is 9.79. The Morgan fingerprint density at radius 2 is 1.85 bits per heavy atom. The third kappa shape index (κ3) is 5.58. The Morgan fingerprint density at radius 3 is 2.59 bits per heavy atom. The molecule has 1 aliphatic rings. The monoisotopic (exact) mass is 462 g/mol. The van der Waals surface area contributed by atoms with Gasteiger partial charge in [-0.15, -0.1) is 0 Å². The summed E-state index contributed by atoms with van der Waals surface area (Å²) in [7, 11) is 0. The van der Waals surface area contributed by atoms with Crippen molar-refractivity contribution in [3.05, 3.63) is 83.7 Å². The molecule has 1 amide bonds. The van der Waals surface area contributed by atoms with Crippen molar-refractivity contribution >= 4 is 16.9 Å². The van der Waals surface area contributed by atoms with Gasteiger partial charge in [0.2, 0.25) is 0 Å². The summed E-state index contributed by atoms with van der Waals surface area (Å²) >= 11 is 0. The van der Waals surface area contributed by atoms with Gasteiger partial charge in [-0.1, -0.05) is 75.4 Å². The van der Waals surface area contributed by atoms with E-state index in [1.165, 1.54) is 6.07 Å². The molecule has 3 atom stereocenters. The lowest BCUT2D eigenvalue weighted by molar-refractivity contribution is 0.0911. The molecule has 0 spiro atoms. The van der Waals surface area contributed by atoms with Crippen LogP contribution in [-0.4, -0.2) is 35.7 Å². The number of carbonyl (C=O) groups is 1. The Labute approximate surface area is 201 Å². The summed E-state index contributed by atoms with van der Waals surface area (Å²) in [6.07, 6.45) is 0.656. The highest BCUT2D eigenvalue weighted by Gasteiger charge is 2.35. The Kier molecular flexibility index (Phi) is 7.22. The van der Waals surface area contributed by atoms with Gasteiger partial charge in [0.1, 0.15) is 5.82 Å². The number of nitrogens with zero attached hydrogens (tertiary/aromatic N) is 1. The number of fused-ring (bicyclic) bond motifs is 1. The van der Waals surface area contributed by atoms with Crippen LogP contribution in [0.2, 0.25) is 0 Å². The van der Waals surface area contributed by atoms with Crippen molar-refractivity contribution in [2.45, 2.75) is 45.6 Å². The molecule has 4 rings (SSSR count). The molecular weight excluding hydrogens is 427 g/mol. The summed E-state index contributed by atoms with van der Waals surface area (Å²) in [5.41, 5.74) is 1.93. The predicted molar refractivity (Wildman–Crippen MR) is 136 cm³/mol. The number of piperidine rings is 1. The van der Waals surface area contributed by atoms with E-state index in [0.717, 1.165) is 34.9 Å². The maximum Gasteiger partial charge on any atom is 0.407 e. The lowest BCUT2D eigenvalue weighted by Gasteiger charge is -2.40. The van der Waals surface area contributed by atoms with Gasteiger partial charge >= 0.3 is 6.09 Å². The molecule has 3 aromatic rings. The minimum Gasteiger partial charge on any atom is -0.465 e. The molecule has 1 aliphatic heterocycles. The SMILES string of the molecule is CC(C)(C)C[C@H](c1cccc2ccccc12)N(CC1CNCCC1c1cccc(F)c1)C(=O)O. The normalized spacial score (nSPS) is 19.6. The van der Waals surface area contributed by atoms with Crippen LogP contribution in [0.3, 0.4) is 0 Å². The first-order valence-corrected chi connectivity index (χ1v) is 12.2. The van der Waals surface area contributed by atoms with Crippen molar-refractivity contribution in [1.82, 2.24) is 10.2 Å². The van der Waals surface area contributed by atoms with Crippen molar-refractivity contribution in [2.75, 3.05) is 19.6 Å². The standard InChI is InChI=1S/C29H35FN2O2/c1-29(2,3)17-27(26-13-7-9-20-8-4-5-12-25(20)26)32(28(33)34)19-22-18-31-15-14-24(22)21-10-6-11-23(30)16-21/h4-13,16,22,24,27,31H,14-15,17-19H2,1-3H3,(H,33,34)/t22?,24?,27-/m1/s1. The van der Waals surface area contributed by atoms with E-state index in [4.69, 9.17) is 0 Å². The van der Waals surface area contributed by atoms with Crippen LogP contribution >= 0.6 is 0 Å². The summed E-state index contributed by atoms with van der Waals surface area (Å²) in [5.74, 6) is -0.0723. The van der Waals surface area contributed by atoms with Crippen LogP contribution in [-0.2, 0) is 0 Å². The largest absolute Gasteiger partial charge is 0.465 e. The molecule has 0 aliphatic carbocycles. The van der Waals surface area contributed by atoms with Gasteiger partial charge < -0.3 is 15.3 Å². The van der Waals surface area contributed by atoms with Gasteiger partial charge in [-0.2, -0.15) is 0 Å². The quantitative estimate of drug-likeness (QED) is 0.422. The van der Waals surface area contributed by atoms with Gasteiger partial charge in [-0.25, -0.2) is 9.18 Å². The van der Waals surface area contributed by atoms with E-state index in [9.17, 15) is 14.3 Å². The van der Waals surface area contributed by atoms with Crippen molar-refractivity contribution in [2.24, 2.45) is 11.3 Å². The summed E-state index contributed by atoms with van der Waals surface area (Å²) in [6.45, 7) is 8.42. The molecule has 3 aromatic carbocycles. The predicted octanol–water partition coefficient (Wildman–Crippen LogP) is 6.83. The topological polar surface area (TPSA) is 52.6 Å². The molecule has 0 bridgehead atoms. The lowest BCUT2D eigenvalue weighted by Crippen LogP contribution is -2.45. The second-order valence-electron chi connectivity index (χ2n) is 10.7. The van der Waals surface area contributed by atoms with Crippen LogP contribution in [0.4, 0.5) is 9.18 Å². The van der Waals surface area contributed by atoms with Crippen molar-refractivity contribution in [3.8, 4) is 0 Å². The Bertz CT molecular complexity index is 1130. The Morgan fingerprint density at radius 1 is 1.12 bits per heavy atom. The number of hydrogen-bond acceptors (Lipinski definition) is 2. The van der Waals surface area contributed by atoms with E-state index in [-0.39, 0.29) is 29.1 Å². The maximum atomic E-state index is 14.0. The molecule has 180 valence electrons. The maximum absolute atomic E-state index is 14.0. The van der Waals surface area contributed by atoms with Crippen molar-refractivity contribution in [3.63, 3.8) is 0 Å². The molecule has 5 heteroatoms. The average Bonchev–Trinajstić information content (AvgIpc) is 2.80. The average molecular weight is 463 g/mol. The first kappa shape index (κ1) is 24.2. The van der Waals surface area contributed by atoms with Crippen LogP contribution in [0.15, 0.2) is 66.7 Å². The Hall–Kier alpha value is -2.92. The van der Waals surface area contributed by atoms with Crippen molar-refractivity contribution < 1.29 is 14.3 Å². The number of halogens is 1. The summed E-state index contributed by atoms with van der Waals surface area (Å²) < 4.78 is 14.0.